The number of benzene rings is 3. The van der Waals surface area contributed by atoms with Gasteiger partial charge in [0.05, 0.1) is 17.3 Å². The highest BCUT2D eigenvalue weighted by Crippen LogP contribution is 2.28. The van der Waals surface area contributed by atoms with Gasteiger partial charge in [0, 0.05) is 23.6 Å². The maximum Gasteiger partial charge on any atom is 0.271 e. The molecule has 3 rings (SSSR count). The molecular weight excluding hydrogens is 432 g/mol. The van der Waals surface area contributed by atoms with E-state index in [0.717, 1.165) is 16.3 Å². The van der Waals surface area contributed by atoms with Crippen LogP contribution < -0.4 is 10.2 Å². The first-order valence-corrected chi connectivity index (χ1v) is 9.86. The molecular formula is C23H19ClN4O4. The van der Waals surface area contributed by atoms with Crippen LogP contribution in [0.5, 0.6) is 11.5 Å². The number of fused-ring (bicyclic) bond motifs is 1. The van der Waals surface area contributed by atoms with E-state index < -0.39 is 5.91 Å². The Kier molecular flexibility index (Phi) is 7.26. The zero-order valence-electron chi connectivity index (χ0n) is 17.1. The molecule has 8 nitrogen and oxygen atoms in total. The number of aromatic hydroxyl groups is 1. The van der Waals surface area contributed by atoms with Crippen molar-refractivity contribution in [1.82, 2.24) is 10.3 Å². The Morgan fingerprint density at radius 3 is 2.69 bits per heavy atom. The summed E-state index contributed by atoms with van der Waals surface area (Å²) in [5.74, 6) is -0.385. The van der Waals surface area contributed by atoms with Gasteiger partial charge in [0.1, 0.15) is 18.0 Å². The first-order chi connectivity index (χ1) is 15.4. The van der Waals surface area contributed by atoms with E-state index in [1.807, 2.05) is 30.3 Å². The molecule has 0 aliphatic rings. The zero-order valence-corrected chi connectivity index (χ0v) is 17.8. The molecule has 0 aliphatic heterocycles. The second-order valence-electron chi connectivity index (χ2n) is 6.76. The van der Waals surface area contributed by atoms with Gasteiger partial charge in [-0.1, -0.05) is 35.9 Å². The van der Waals surface area contributed by atoms with Crippen LogP contribution in [0.2, 0.25) is 5.02 Å². The van der Waals surface area contributed by atoms with Gasteiger partial charge in [-0.2, -0.15) is 10.4 Å². The summed E-state index contributed by atoms with van der Waals surface area (Å²) in [4.78, 5) is 25.5. The van der Waals surface area contributed by atoms with Crippen LogP contribution in [0.25, 0.3) is 10.8 Å². The molecule has 162 valence electrons. The third kappa shape index (κ3) is 5.33. The Balaban J connectivity index is 1.75. The fourth-order valence-corrected chi connectivity index (χ4v) is 3.03. The number of carbonyl (C=O) groups excluding carboxylic acids is 2. The molecule has 0 radical (unpaired) electrons. The molecule has 0 fully saturated rings. The predicted octanol–water partition coefficient (Wildman–Crippen LogP) is 3.32. The van der Waals surface area contributed by atoms with Crippen molar-refractivity contribution in [1.29, 1.82) is 5.26 Å². The smallest absolute Gasteiger partial charge is 0.271 e. The van der Waals surface area contributed by atoms with E-state index in [9.17, 15) is 14.7 Å². The zero-order chi connectivity index (χ0) is 23.1. The van der Waals surface area contributed by atoms with E-state index in [1.165, 1.54) is 36.4 Å². The number of nitrogens with one attached hydrogen (secondary N) is 1. The number of hydrogen-bond donors (Lipinski definition) is 2. The Bertz CT molecular complexity index is 1240. The summed E-state index contributed by atoms with van der Waals surface area (Å²) in [6.45, 7) is -0.207. The highest BCUT2D eigenvalue weighted by molar-refractivity contribution is 6.32. The lowest BCUT2D eigenvalue weighted by atomic mass is 10.0. The van der Waals surface area contributed by atoms with E-state index in [-0.39, 0.29) is 35.4 Å². The standard InChI is InChI=1S/C23H19ClN4O4/c1-28(11-10-25)22(30)14-32-21-9-7-16(17-4-2-3-5-18(17)21)13-26-27-23(31)15-6-8-20(29)19(24)12-15/h2-9,12-13,29H,11,14H2,1H3,(H,27,31). The van der Waals surface area contributed by atoms with E-state index in [0.29, 0.717) is 5.75 Å². The van der Waals surface area contributed by atoms with Crippen molar-refractivity contribution in [2.45, 2.75) is 0 Å². The van der Waals surface area contributed by atoms with Crippen LogP contribution in [0.1, 0.15) is 15.9 Å². The third-order valence-corrected chi connectivity index (χ3v) is 4.88. The Morgan fingerprint density at radius 2 is 1.97 bits per heavy atom. The minimum Gasteiger partial charge on any atom is -0.506 e. The van der Waals surface area contributed by atoms with Crippen molar-refractivity contribution >= 4 is 40.4 Å². The van der Waals surface area contributed by atoms with Crippen molar-refractivity contribution in [3.63, 3.8) is 0 Å². The molecule has 0 spiro atoms. The minimum atomic E-state index is -0.479. The molecule has 0 atom stereocenters. The van der Waals surface area contributed by atoms with Gasteiger partial charge in [0.25, 0.3) is 11.8 Å². The summed E-state index contributed by atoms with van der Waals surface area (Å²) in [6, 6.07) is 16.9. The fourth-order valence-electron chi connectivity index (χ4n) is 2.85. The number of phenols is 1. The number of nitrogens with zero attached hydrogens (tertiary/aromatic N) is 3. The monoisotopic (exact) mass is 450 g/mol. The van der Waals surface area contributed by atoms with Gasteiger partial charge in [-0.05, 0) is 35.7 Å². The van der Waals surface area contributed by atoms with E-state index in [1.54, 1.807) is 12.1 Å². The molecule has 0 unspecified atom stereocenters. The molecule has 0 aliphatic carbocycles. The highest BCUT2D eigenvalue weighted by atomic mass is 35.5. The number of hydrogen-bond acceptors (Lipinski definition) is 6. The van der Waals surface area contributed by atoms with Gasteiger partial charge in [-0.3, -0.25) is 9.59 Å². The van der Waals surface area contributed by atoms with Crippen molar-refractivity contribution in [2.75, 3.05) is 20.2 Å². The number of nitriles is 1. The number of carbonyl (C=O) groups is 2. The van der Waals surface area contributed by atoms with Gasteiger partial charge >= 0.3 is 0 Å². The molecule has 0 saturated carbocycles. The van der Waals surface area contributed by atoms with Crippen LogP contribution in [0, 0.1) is 11.3 Å². The molecule has 2 amide bonds. The Labute approximate surface area is 189 Å². The number of phenolic OH excluding ortho intramolecular Hbond substituents is 1. The van der Waals surface area contributed by atoms with Gasteiger partial charge < -0.3 is 14.7 Å². The molecule has 3 aromatic carbocycles. The normalized spacial score (nSPS) is 10.7. The number of likely N-dealkylation sites (N-methyl/N-ethyl adjacent to an activating group) is 1. The molecule has 0 aromatic heterocycles. The first kappa shape index (κ1) is 22.6. The maximum atomic E-state index is 12.2. The molecule has 0 saturated heterocycles. The summed E-state index contributed by atoms with van der Waals surface area (Å²) >= 11 is 5.83. The summed E-state index contributed by atoms with van der Waals surface area (Å²) in [6.07, 6.45) is 1.50. The SMILES string of the molecule is CN(CC#N)C(=O)COc1ccc(C=NNC(=O)c2ccc(O)c(Cl)c2)c2ccccc12. The largest absolute Gasteiger partial charge is 0.506 e. The number of rotatable bonds is 7. The molecule has 3 aromatic rings. The van der Waals surface area contributed by atoms with E-state index in [2.05, 4.69) is 10.5 Å². The van der Waals surface area contributed by atoms with Crippen LogP contribution in [-0.2, 0) is 4.79 Å². The number of hydrazone groups is 1. The number of halogens is 1. The Hall–Kier alpha value is -4.09. The quantitative estimate of drug-likeness (QED) is 0.325. The fraction of sp³-hybridized carbons (Fsp3) is 0.130. The topological polar surface area (TPSA) is 115 Å². The van der Waals surface area contributed by atoms with Crippen LogP contribution >= 0.6 is 11.6 Å². The number of amides is 2. The average Bonchev–Trinajstić information content (AvgIpc) is 2.80. The second kappa shape index (κ2) is 10.3. The summed E-state index contributed by atoms with van der Waals surface area (Å²) in [5, 5.41) is 23.8. The second-order valence-corrected chi connectivity index (χ2v) is 7.17. The molecule has 32 heavy (non-hydrogen) atoms. The maximum absolute atomic E-state index is 12.2. The van der Waals surface area contributed by atoms with Gasteiger partial charge in [-0.25, -0.2) is 5.43 Å². The summed E-state index contributed by atoms with van der Waals surface area (Å²) < 4.78 is 5.68. The first-order valence-electron chi connectivity index (χ1n) is 9.48. The molecule has 0 heterocycles. The lowest BCUT2D eigenvalue weighted by Gasteiger charge is -2.15. The summed E-state index contributed by atoms with van der Waals surface area (Å²) in [7, 11) is 1.53. The van der Waals surface area contributed by atoms with Crippen molar-refractivity contribution < 1.29 is 19.4 Å². The lowest BCUT2D eigenvalue weighted by molar-refractivity contribution is -0.131. The van der Waals surface area contributed by atoms with Crippen molar-refractivity contribution in [2.24, 2.45) is 5.10 Å². The highest BCUT2D eigenvalue weighted by Gasteiger charge is 2.12. The van der Waals surface area contributed by atoms with Crippen molar-refractivity contribution in [3.8, 4) is 17.6 Å². The molecule has 9 heteroatoms. The molecule has 0 bridgehead atoms. The van der Waals surface area contributed by atoms with Crippen LogP contribution in [0.15, 0.2) is 59.7 Å². The predicted molar refractivity (Wildman–Crippen MR) is 121 cm³/mol. The van der Waals surface area contributed by atoms with E-state index >= 15 is 0 Å². The van der Waals surface area contributed by atoms with Gasteiger partial charge in [-0.15, -0.1) is 0 Å². The van der Waals surface area contributed by atoms with Gasteiger partial charge in [0.15, 0.2) is 6.61 Å². The Morgan fingerprint density at radius 1 is 1.22 bits per heavy atom. The summed E-state index contributed by atoms with van der Waals surface area (Å²) in [5.41, 5.74) is 3.40. The lowest BCUT2D eigenvalue weighted by Crippen LogP contribution is -2.31. The van der Waals surface area contributed by atoms with Crippen LogP contribution in [0.3, 0.4) is 0 Å². The minimum absolute atomic E-state index is 0.0135. The number of ether oxygens (including phenoxy) is 1. The van der Waals surface area contributed by atoms with Crippen molar-refractivity contribution in [3.05, 3.63) is 70.7 Å². The average molecular weight is 451 g/mol. The van der Waals surface area contributed by atoms with Crippen LogP contribution in [0.4, 0.5) is 0 Å². The van der Waals surface area contributed by atoms with Crippen LogP contribution in [-0.4, -0.2) is 48.2 Å². The molecule has 2 N–H and O–H groups in total. The third-order valence-electron chi connectivity index (χ3n) is 4.58. The van der Waals surface area contributed by atoms with Gasteiger partial charge in [0.2, 0.25) is 0 Å². The van der Waals surface area contributed by atoms with E-state index in [4.69, 9.17) is 21.6 Å².